The third-order valence-corrected chi connectivity index (χ3v) is 8.09. The van der Waals surface area contributed by atoms with Crippen molar-refractivity contribution in [2.75, 3.05) is 5.32 Å². The number of aromatic nitrogens is 4. The predicted molar refractivity (Wildman–Crippen MR) is 126 cm³/mol. The van der Waals surface area contributed by atoms with Crippen molar-refractivity contribution in [3.8, 4) is 0 Å². The van der Waals surface area contributed by atoms with Gasteiger partial charge in [0.25, 0.3) is 5.91 Å². The van der Waals surface area contributed by atoms with Gasteiger partial charge < -0.3 is 5.32 Å². The Balaban J connectivity index is 1.20. The van der Waals surface area contributed by atoms with Crippen LogP contribution in [-0.4, -0.2) is 30.4 Å². The van der Waals surface area contributed by atoms with E-state index >= 15 is 0 Å². The summed E-state index contributed by atoms with van der Waals surface area (Å²) >= 11 is 0. The van der Waals surface area contributed by atoms with Crippen molar-refractivity contribution < 1.29 is 22.9 Å². The highest BCUT2D eigenvalue weighted by molar-refractivity contribution is 6.05. The molecule has 9 nitrogen and oxygen atoms in total. The summed E-state index contributed by atoms with van der Waals surface area (Å²) < 4.78 is 42.0. The maximum absolute atomic E-state index is 13.0. The van der Waals surface area contributed by atoms with Crippen LogP contribution < -0.4 is 5.32 Å². The van der Waals surface area contributed by atoms with Gasteiger partial charge in [0.1, 0.15) is 6.20 Å². The van der Waals surface area contributed by atoms with Crippen molar-refractivity contribution in [2.24, 2.45) is 17.8 Å². The normalized spacial score (nSPS) is 26.4. The topological polar surface area (TPSA) is 108 Å². The molecule has 4 fully saturated rings. The van der Waals surface area contributed by atoms with Crippen LogP contribution in [0.15, 0.2) is 42.9 Å². The summed E-state index contributed by atoms with van der Waals surface area (Å²) in [7, 11) is 0. The molecule has 37 heavy (non-hydrogen) atoms. The van der Waals surface area contributed by atoms with E-state index < -0.39 is 22.6 Å². The second kappa shape index (κ2) is 8.42. The number of carbonyl (C=O) groups is 1. The van der Waals surface area contributed by atoms with Crippen LogP contribution in [0.5, 0.6) is 0 Å². The van der Waals surface area contributed by atoms with E-state index in [1.165, 1.54) is 48.6 Å². The molecule has 1 aromatic carbocycles. The Kier molecular flexibility index (Phi) is 5.39. The van der Waals surface area contributed by atoms with Crippen molar-refractivity contribution >= 4 is 17.3 Å². The molecule has 4 saturated carbocycles. The Morgan fingerprint density at radius 2 is 1.81 bits per heavy atom. The van der Waals surface area contributed by atoms with Crippen LogP contribution >= 0.6 is 0 Å². The van der Waals surface area contributed by atoms with E-state index in [4.69, 9.17) is 0 Å². The summed E-state index contributed by atoms with van der Waals surface area (Å²) in [6.45, 7) is 0.0561. The Bertz CT molecular complexity index is 1340. The third kappa shape index (κ3) is 4.38. The molecule has 194 valence electrons. The summed E-state index contributed by atoms with van der Waals surface area (Å²) in [6.07, 6.45) is 6.17. The second-order valence-electron chi connectivity index (χ2n) is 10.8. The smallest absolute Gasteiger partial charge is 0.318 e. The quantitative estimate of drug-likeness (QED) is 0.358. The van der Waals surface area contributed by atoms with Crippen LogP contribution in [0.3, 0.4) is 0 Å². The molecule has 0 aliphatic heterocycles. The zero-order valence-electron chi connectivity index (χ0n) is 19.8. The Morgan fingerprint density at radius 1 is 1.14 bits per heavy atom. The highest BCUT2D eigenvalue weighted by atomic mass is 19.4. The largest absolute Gasteiger partial charge is 0.416 e. The number of nitrogens with zero attached hydrogens (tertiary/aromatic N) is 5. The van der Waals surface area contributed by atoms with Crippen LogP contribution in [0.2, 0.25) is 0 Å². The van der Waals surface area contributed by atoms with Gasteiger partial charge in [0, 0.05) is 6.20 Å². The molecule has 0 spiro atoms. The summed E-state index contributed by atoms with van der Waals surface area (Å²) in [6, 6.07) is 4.91. The maximum atomic E-state index is 13.0. The fraction of sp³-hybridized carbons (Fsp3) is 0.480. The fourth-order valence-corrected chi connectivity index (χ4v) is 6.99. The zero-order chi connectivity index (χ0) is 25.9. The number of hydrogen-bond acceptors (Lipinski definition) is 5. The predicted octanol–water partition coefficient (Wildman–Crippen LogP) is 5.23. The van der Waals surface area contributed by atoms with Gasteiger partial charge in [0.2, 0.25) is 5.69 Å². The number of rotatable bonds is 6. The van der Waals surface area contributed by atoms with Crippen LogP contribution in [0.1, 0.15) is 60.1 Å². The molecule has 1 N–H and O–H groups in total. The molecule has 0 radical (unpaired) electrons. The minimum Gasteiger partial charge on any atom is -0.318 e. The van der Waals surface area contributed by atoms with Crippen LogP contribution in [0.4, 0.5) is 24.5 Å². The Morgan fingerprint density at radius 3 is 2.43 bits per heavy atom. The number of nitrogens with one attached hydrogen (secondary N) is 1. The van der Waals surface area contributed by atoms with Crippen molar-refractivity contribution in [1.82, 2.24) is 19.6 Å². The van der Waals surface area contributed by atoms with E-state index in [1.54, 1.807) is 10.7 Å². The first-order valence-corrected chi connectivity index (χ1v) is 12.3. The average molecular weight is 515 g/mol. The van der Waals surface area contributed by atoms with Crippen molar-refractivity contribution in [2.45, 2.75) is 56.8 Å². The summed E-state index contributed by atoms with van der Waals surface area (Å²) in [4.78, 5) is 24.3. The van der Waals surface area contributed by atoms with Crippen molar-refractivity contribution in [3.63, 3.8) is 0 Å². The minimum absolute atomic E-state index is 0.0561. The van der Waals surface area contributed by atoms with Crippen LogP contribution in [0, 0.1) is 27.9 Å². The number of nitro groups is 1. The fourth-order valence-electron chi connectivity index (χ4n) is 6.99. The first kappa shape index (κ1) is 23.7. The molecule has 4 aliphatic rings. The molecule has 7 rings (SSSR count). The van der Waals surface area contributed by atoms with Crippen LogP contribution in [-0.2, 0) is 18.3 Å². The summed E-state index contributed by atoms with van der Waals surface area (Å²) in [5.41, 5.74) is -0.978. The summed E-state index contributed by atoms with van der Waals surface area (Å²) in [5.74, 6) is 1.09. The molecule has 4 aliphatic carbocycles. The van der Waals surface area contributed by atoms with Gasteiger partial charge in [-0.1, -0.05) is 12.1 Å². The van der Waals surface area contributed by atoms with E-state index in [2.05, 4.69) is 15.5 Å². The molecule has 0 atom stereocenters. The first-order valence-electron chi connectivity index (χ1n) is 12.3. The molecular weight excluding hydrogens is 489 g/mol. The van der Waals surface area contributed by atoms with Gasteiger partial charge in [-0.25, -0.2) is 0 Å². The molecule has 4 bridgehead atoms. The van der Waals surface area contributed by atoms with E-state index in [1.807, 2.05) is 0 Å². The Labute approximate surface area is 209 Å². The number of hydrogen-bond donors (Lipinski definition) is 1. The van der Waals surface area contributed by atoms with Gasteiger partial charge in [0.15, 0.2) is 0 Å². The lowest BCUT2D eigenvalue weighted by Gasteiger charge is -2.56. The van der Waals surface area contributed by atoms with E-state index in [0.717, 1.165) is 31.4 Å². The summed E-state index contributed by atoms with van der Waals surface area (Å²) in [5, 5.41) is 23.0. The lowest BCUT2D eigenvalue weighted by Crippen LogP contribution is -2.52. The molecule has 3 aromatic rings. The maximum Gasteiger partial charge on any atom is 0.416 e. The average Bonchev–Trinajstić information content (AvgIpc) is 3.46. The minimum atomic E-state index is -4.45. The van der Waals surface area contributed by atoms with Gasteiger partial charge in [-0.15, -0.1) is 0 Å². The van der Waals surface area contributed by atoms with Gasteiger partial charge in [-0.3, -0.25) is 24.3 Å². The molecular formula is C25H25F3N6O3. The van der Waals surface area contributed by atoms with Gasteiger partial charge in [-0.05, 0) is 74.0 Å². The monoisotopic (exact) mass is 514 g/mol. The number of halogens is 3. The molecule has 2 aromatic heterocycles. The Hall–Kier alpha value is -3.70. The first-order chi connectivity index (χ1) is 17.6. The number of benzene rings is 1. The van der Waals surface area contributed by atoms with Gasteiger partial charge >= 0.3 is 11.9 Å². The van der Waals surface area contributed by atoms with Crippen molar-refractivity contribution in [3.05, 3.63) is 69.8 Å². The SMILES string of the molecule is O=C(Nc1cnn(Cc2cccc(C(F)(F)F)c2)c1)c1nn(C23CC4CC(CC(C4)C2)C3)cc1[N+](=O)[O-]. The standard InChI is InChI=1S/C25H25F3N6O3/c26-25(27,28)19-3-1-2-15(7-19)12-32-13-20(11-29-32)30-23(35)22-21(34(36)37)14-33(31-22)24-8-16-4-17(9-24)6-18(5-16)10-24/h1-3,7,11,13-14,16-18H,4-6,8-10,12H2,(H,30,35). The lowest BCUT2D eigenvalue weighted by atomic mass is 9.53. The second-order valence-corrected chi connectivity index (χ2v) is 10.8. The van der Waals surface area contributed by atoms with E-state index in [0.29, 0.717) is 23.3 Å². The van der Waals surface area contributed by atoms with Crippen LogP contribution in [0.25, 0.3) is 0 Å². The molecule has 12 heteroatoms. The molecule has 0 unspecified atom stereocenters. The van der Waals surface area contributed by atoms with E-state index in [-0.39, 0.29) is 29.2 Å². The number of amides is 1. The van der Waals surface area contributed by atoms with Gasteiger partial charge in [0.05, 0.1) is 34.5 Å². The molecule has 1 amide bonds. The third-order valence-electron chi connectivity index (χ3n) is 8.09. The number of anilines is 1. The van der Waals surface area contributed by atoms with Gasteiger partial charge in [-0.2, -0.15) is 23.4 Å². The number of alkyl halides is 3. The highest BCUT2D eigenvalue weighted by Gasteiger charge is 2.53. The highest BCUT2D eigenvalue weighted by Crippen LogP contribution is 2.58. The molecule has 2 heterocycles. The van der Waals surface area contributed by atoms with Crippen molar-refractivity contribution in [1.29, 1.82) is 0 Å². The zero-order valence-corrected chi connectivity index (χ0v) is 19.8. The lowest BCUT2D eigenvalue weighted by molar-refractivity contribution is -0.385. The number of carbonyl (C=O) groups excluding carboxylic acids is 1. The molecule has 0 saturated heterocycles. The van der Waals surface area contributed by atoms with E-state index in [9.17, 15) is 28.1 Å².